The first-order valence-corrected chi connectivity index (χ1v) is 30.5. The zero-order chi connectivity index (χ0) is 54.2. The number of para-hydroxylation sites is 2. The third-order valence-electron chi connectivity index (χ3n) is 17.8. The van der Waals surface area contributed by atoms with Gasteiger partial charge in [0, 0.05) is 33.5 Å². The van der Waals surface area contributed by atoms with Crippen LogP contribution in [0.1, 0.15) is 22.3 Å². The standard InChI is InChI=1S/C79H54N2Si/c1-5-23-56(24-6-1)66-37-22-42-77-78(66)71-36-16-20-41-76(71)82(77,64-30-11-4-12-31-64)65-32-21-29-63(54-65)80(61-48-50-62(51-49-61)81-74-39-18-14-34-69(74)70-35-15-19-40-75(70)81)60-46-43-55(44-47-60)57-45-52-68-67-33-13-17-38-72(67)79(73(68)53-57,58-25-7-2-8-26-58)59-27-9-3-10-28-59/h1-54H. The number of aromatic nitrogens is 1. The zero-order valence-electron chi connectivity index (χ0n) is 45.1. The van der Waals surface area contributed by atoms with E-state index >= 15 is 0 Å². The van der Waals surface area contributed by atoms with Crippen molar-refractivity contribution < 1.29 is 0 Å². The molecule has 1 aliphatic heterocycles. The highest BCUT2D eigenvalue weighted by atomic mass is 28.3. The summed E-state index contributed by atoms with van der Waals surface area (Å²) in [7, 11) is -2.94. The van der Waals surface area contributed by atoms with Crippen LogP contribution in [-0.4, -0.2) is 12.6 Å². The molecular weight excluding hydrogens is 1000 g/mol. The van der Waals surface area contributed by atoms with Gasteiger partial charge in [-0.05, 0) is 154 Å². The second kappa shape index (κ2) is 19.2. The van der Waals surface area contributed by atoms with Crippen LogP contribution in [0.3, 0.4) is 0 Å². The van der Waals surface area contributed by atoms with Gasteiger partial charge >= 0.3 is 0 Å². The SMILES string of the molecule is c1ccc(-c2cccc3c2-c2ccccc2[Si]3(c2ccccc2)c2cccc(N(c3ccc(-c4ccc5c(c4)C(c4ccccc4)(c4ccccc4)c4ccccc4-5)cc3)c3ccc(-n4c5ccccc5c5ccccc54)cc3)c2)cc1. The van der Waals surface area contributed by atoms with E-state index in [9.17, 15) is 0 Å². The van der Waals surface area contributed by atoms with E-state index in [4.69, 9.17) is 0 Å². The molecule has 0 amide bonds. The number of anilines is 3. The minimum atomic E-state index is -2.94. The van der Waals surface area contributed by atoms with Crippen LogP contribution < -0.4 is 25.6 Å². The maximum Gasteiger partial charge on any atom is 0.180 e. The van der Waals surface area contributed by atoms with Crippen molar-refractivity contribution in [3.8, 4) is 50.2 Å². The van der Waals surface area contributed by atoms with Crippen molar-refractivity contribution in [1.82, 2.24) is 4.57 Å². The second-order valence-electron chi connectivity index (χ2n) is 21.9. The number of hydrogen-bond donors (Lipinski definition) is 0. The Hall–Kier alpha value is -10.3. The van der Waals surface area contributed by atoms with Crippen LogP contribution >= 0.6 is 0 Å². The van der Waals surface area contributed by atoms with Crippen LogP contribution in [-0.2, 0) is 5.41 Å². The Bertz CT molecular complexity index is 4630. The van der Waals surface area contributed by atoms with Crippen molar-refractivity contribution in [2.75, 3.05) is 4.90 Å². The number of nitrogens with zero attached hydrogens (tertiary/aromatic N) is 2. The summed E-state index contributed by atoms with van der Waals surface area (Å²) in [4.78, 5) is 2.47. The van der Waals surface area contributed by atoms with E-state index in [1.54, 1.807) is 0 Å². The summed E-state index contributed by atoms with van der Waals surface area (Å²) in [6, 6.07) is 122. The molecule has 14 aromatic rings. The monoisotopic (exact) mass is 1060 g/mol. The van der Waals surface area contributed by atoms with Crippen molar-refractivity contribution in [3.05, 3.63) is 350 Å². The largest absolute Gasteiger partial charge is 0.311 e. The van der Waals surface area contributed by atoms with E-state index in [2.05, 4.69) is 337 Å². The number of benzene rings is 13. The molecule has 0 saturated carbocycles. The summed E-state index contributed by atoms with van der Waals surface area (Å²) in [6.07, 6.45) is 0. The molecule has 2 heterocycles. The van der Waals surface area contributed by atoms with Crippen molar-refractivity contribution in [2.45, 2.75) is 5.41 Å². The van der Waals surface area contributed by atoms with Gasteiger partial charge in [0.25, 0.3) is 0 Å². The lowest BCUT2D eigenvalue weighted by atomic mass is 9.67. The summed E-state index contributed by atoms with van der Waals surface area (Å²) >= 11 is 0. The molecule has 0 radical (unpaired) electrons. The molecule has 2 nitrogen and oxygen atoms in total. The topological polar surface area (TPSA) is 8.17 Å². The zero-order valence-corrected chi connectivity index (χ0v) is 46.1. The molecule has 1 aromatic heterocycles. The summed E-state index contributed by atoms with van der Waals surface area (Å²) in [5.41, 5.74) is 21.5. The predicted octanol–water partition coefficient (Wildman–Crippen LogP) is 17.3. The maximum absolute atomic E-state index is 2.94. The summed E-state index contributed by atoms with van der Waals surface area (Å²) in [6.45, 7) is 0. The van der Waals surface area contributed by atoms with Crippen molar-refractivity contribution in [3.63, 3.8) is 0 Å². The first-order chi connectivity index (χ1) is 40.7. The van der Waals surface area contributed by atoms with Gasteiger partial charge in [0.15, 0.2) is 8.07 Å². The summed E-state index contributed by atoms with van der Waals surface area (Å²) in [5.74, 6) is 0. The van der Waals surface area contributed by atoms with Crippen LogP contribution in [0.5, 0.6) is 0 Å². The average molecular weight is 1060 g/mol. The Labute approximate surface area is 479 Å². The van der Waals surface area contributed by atoms with Gasteiger partial charge in [-0.1, -0.05) is 261 Å². The molecule has 13 aromatic carbocycles. The number of fused-ring (bicyclic) bond motifs is 9. The molecule has 0 saturated heterocycles. The molecule has 1 atom stereocenters. The molecule has 0 bridgehead atoms. The Morgan fingerprint density at radius 3 is 1.48 bits per heavy atom. The summed E-state index contributed by atoms with van der Waals surface area (Å²) < 4.78 is 2.40. The minimum absolute atomic E-state index is 0.485. The van der Waals surface area contributed by atoms with Gasteiger partial charge in [0.05, 0.1) is 16.4 Å². The fourth-order valence-corrected chi connectivity index (χ4v) is 19.6. The van der Waals surface area contributed by atoms with Crippen LogP contribution in [0, 0.1) is 0 Å². The highest BCUT2D eigenvalue weighted by Crippen LogP contribution is 2.57. The van der Waals surface area contributed by atoms with Gasteiger partial charge in [0.2, 0.25) is 0 Å². The Kier molecular flexibility index (Phi) is 11.2. The van der Waals surface area contributed by atoms with E-state index in [-0.39, 0.29) is 0 Å². The van der Waals surface area contributed by atoms with Gasteiger partial charge in [-0.3, -0.25) is 0 Å². The van der Waals surface area contributed by atoms with E-state index in [1.165, 1.54) is 104 Å². The first kappa shape index (κ1) is 47.7. The molecule has 0 N–H and O–H groups in total. The number of rotatable bonds is 10. The Morgan fingerprint density at radius 2 is 0.793 bits per heavy atom. The van der Waals surface area contributed by atoms with Gasteiger partial charge in [0.1, 0.15) is 0 Å². The smallest absolute Gasteiger partial charge is 0.180 e. The quantitative estimate of drug-likeness (QED) is 0.124. The predicted molar refractivity (Wildman–Crippen MR) is 346 cm³/mol. The van der Waals surface area contributed by atoms with Crippen molar-refractivity contribution in [2.24, 2.45) is 0 Å². The molecule has 0 fully saturated rings. The minimum Gasteiger partial charge on any atom is -0.311 e. The molecule has 2 aliphatic rings. The molecule has 1 aliphatic carbocycles. The lowest BCUT2D eigenvalue weighted by Crippen LogP contribution is -2.72. The van der Waals surface area contributed by atoms with E-state index < -0.39 is 13.5 Å². The fourth-order valence-electron chi connectivity index (χ4n) is 14.4. The third kappa shape index (κ3) is 7.13. The van der Waals surface area contributed by atoms with E-state index in [1.807, 2.05) is 0 Å². The Balaban J connectivity index is 0.874. The van der Waals surface area contributed by atoms with E-state index in [0.29, 0.717) is 0 Å². The molecule has 1 unspecified atom stereocenters. The normalized spacial score (nSPS) is 14.5. The van der Waals surface area contributed by atoms with Gasteiger partial charge in [-0.15, -0.1) is 0 Å². The highest BCUT2D eigenvalue weighted by molar-refractivity contribution is 7.22. The molecule has 0 spiro atoms. The fraction of sp³-hybridized carbons (Fsp3) is 0.0127. The summed E-state index contributed by atoms with van der Waals surface area (Å²) in [5, 5.41) is 8.06. The lowest BCUT2D eigenvalue weighted by Gasteiger charge is -2.34. The van der Waals surface area contributed by atoms with Crippen LogP contribution in [0.2, 0.25) is 0 Å². The molecule has 3 heteroatoms. The second-order valence-corrected chi connectivity index (χ2v) is 25.6. The molecule has 82 heavy (non-hydrogen) atoms. The average Bonchev–Trinajstić information content (AvgIpc) is 2.72. The molecule has 384 valence electrons. The maximum atomic E-state index is 2.51. The lowest BCUT2D eigenvalue weighted by molar-refractivity contribution is 0.769. The van der Waals surface area contributed by atoms with Crippen LogP contribution in [0.25, 0.3) is 72.0 Å². The Morgan fingerprint density at radius 1 is 0.293 bits per heavy atom. The van der Waals surface area contributed by atoms with Gasteiger partial charge < -0.3 is 9.47 Å². The molecular formula is C79H54N2Si. The van der Waals surface area contributed by atoms with Crippen LogP contribution in [0.15, 0.2) is 328 Å². The van der Waals surface area contributed by atoms with E-state index in [0.717, 1.165) is 28.3 Å². The van der Waals surface area contributed by atoms with Crippen LogP contribution in [0.4, 0.5) is 17.1 Å². The van der Waals surface area contributed by atoms with Gasteiger partial charge in [-0.25, -0.2) is 0 Å². The van der Waals surface area contributed by atoms with Gasteiger partial charge in [-0.2, -0.15) is 0 Å². The first-order valence-electron chi connectivity index (χ1n) is 28.5. The molecule has 16 rings (SSSR count). The highest BCUT2D eigenvalue weighted by Gasteiger charge is 2.50. The number of hydrogen-bond acceptors (Lipinski definition) is 1. The van der Waals surface area contributed by atoms with Crippen molar-refractivity contribution >= 4 is 67.7 Å². The van der Waals surface area contributed by atoms with Crippen molar-refractivity contribution in [1.29, 1.82) is 0 Å². The third-order valence-corrected chi connectivity index (χ3v) is 22.6.